The topological polar surface area (TPSA) is 45.6 Å². The van der Waals surface area contributed by atoms with Crippen molar-refractivity contribution in [2.24, 2.45) is 0 Å². The molecule has 0 saturated carbocycles. The Morgan fingerprint density at radius 3 is 2.54 bits per heavy atom. The maximum atomic E-state index is 14.5. The molecule has 4 rings (SSSR count). The first-order valence-electron chi connectivity index (χ1n) is 11.5. The van der Waals surface area contributed by atoms with Crippen molar-refractivity contribution in [3.8, 4) is 5.88 Å². The normalized spacial score (nSPS) is 14.3. The number of hydrogen-bond acceptors (Lipinski definition) is 5. The van der Waals surface area contributed by atoms with Crippen molar-refractivity contribution < 1.29 is 14.2 Å². The molecule has 2 aromatic carbocycles. The molecule has 0 aliphatic heterocycles. The molecule has 0 spiro atoms. The van der Waals surface area contributed by atoms with Crippen molar-refractivity contribution in [3.05, 3.63) is 91.3 Å². The Hall–Kier alpha value is -2.32. The summed E-state index contributed by atoms with van der Waals surface area (Å²) in [5, 5.41) is 13.5. The summed E-state index contributed by atoms with van der Waals surface area (Å²) >= 11 is 5.20. The van der Waals surface area contributed by atoms with E-state index < -0.39 is 11.5 Å². The van der Waals surface area contributed by atoms with Crippen LogP contribution in [0.2, 0.25) is 0 Å². The van der Waals surface area contributed by atoms with Crippen molar-refractivity contribution in [2.45, 2.75) is 31.8 Å². The Labute approximate surface area is 218 Å². The molecule has 0 unspecified atom stereocenters. The van der Waals surface area contributed by atoms with E-state index in [1.54, 1.807) is 30.6 Å². The highest BCUT2D eigenvalue weighted by Crippen LogP contribution is 2.49. The lowest BCUT2D eigenvalue weighted by molar-refractivity contribution is 0.00446. The van der Waals surface area contributed by atoms with E-state index in [1.165, 1.54) is 17.0 Å². The largest absolute Gasteiger partial charge is 0.481 e. The van der Waals surface area contributed by atoms with Crippen molar-refractivity contribution in [1.29, 1.82) is 0 Å². The molecule has 0 saturated heterocycles. The molecule has 4 aromatic rings. The van der Waals surface area contributed by atoms with Crippen molar-refractivity contribution >= 4 is 38.2 Å². The average Bonchev–Trinajstić information content (AvgIpc) is 3.14. The van der Waals surface area contributed by atoms with E-state index in [1.807, 2.05) is 43.3 Å². The molecule has 0 fully saturated rings. The number of pyridine rings is 1. The van der Waals surface area contributed by atoms with Gasteiger partial charge in [0.15, 0.2) is 0 Å². The van der Waals surface area contributed by atoms with Gasteiger partial charge in [-0.1, -0.05) is 28.1 Å². The van der Waals surface area contributed by atoms with Crippen LogP contribution in [0.5, 0.6) is 5.88 Å². The highest BCUT2D eigenvalue weighted by Gasteiger charge is 2.43. The van der Waals surface area contributed by atoms with Gasteiger partial charge in [-0.05, 0) is 88.0 Å². The number of halogens is 2. The molecule has 0 bridgehead atoms. The van der Waals surface area contributed by atoms with Gasteiger partial charge < -0.3 is 14.7 Å². The summed E-state index contributed by atoms with van der Waals surface area (Å²) in [4.78, 5) is 8.99. The van der Waals surface area contributed by atoms with Crippen LogP contribution in [-0.2, 0) is 5.60 Å². The van der Waals surface area contributed by atoms with Crippen LogP contribution in [0.3, 0.4) is 0 Å². The monoisotopic (exact) mass is 556 g/mol. The summed E-state index contributed by atoms with van der Waals surface area (Å²) in [5.41, 5.74) is 1.84. The van der Waals surface area contributed by atoms with Gasteiger partial charge in [0.25, 0.3) is 0 Å². The van der Waals surface area contributed by atoms with Crippen LogP contribution in [0.25, 0.3) is 10.9 Å². The minimum Gasteiger partial charge on any atom is -0.481 e. The number of aliphatic hydroxyl groups is 1. The number of rotatable bonds is 8. The van der Waals surface area contributed by atoms with Crippen LogP contribution in [-0.4, -0.2) is 42.7 Å². The standard InChI is InChI=1S/C28H30BrFN2O2S/c1-17-13-25(35-18(17)2)26(23-15-19-14-21(29)9-10-24(19)31-27(23)34-5)28(33,11-12-32(3)4)20-7-6-8-22(30)16-20/h6-10,13-16,26,33H,11-12H2,1-5H3/t26-,28+/m0/s1. The number of hydrogen-bond donors (Lipinski definition) is 1. The van der Waals surface area contributed by atoms with Crippen molar-refractivity contribution in [3.63, 3.8) is 0 Å². The van der Waals surface area contributed by atoms with Crippen LogP contribution >= 0.6 is 27.3 Å². The fourth-order valence-electron chi connectivity index (χ4n) is 4.51. The molecule has 0 aliphatic carbocycles. The second kappa shape index (κ2) is 10.3. The van der Waals surface area contributed by atoms with E-state index >= 15 is 0 Å². The quantitative estimate of drug-likeness (QED) is 0.259. The fourth-order valence-corrected chi connectivity index (χ4v) is 6.14. The third-order valence-electron chi connectivity index (χ3n) is 6.49. The second-order valence-electron chi connectivity index (χ2n) is 9.23. The number of ether oxygens (including phenoxy) is 1. The zero-order valence-electron chi connectivity index (χ0n) is 20.6. The number of aryl methyl sites for hydroxylation is 2. The molecular formula is C28H30BrFN2O2S. The number of aromatic nitrogens is 1. The van der Waals surface area contributed by atoms with Gasteiger partial charge in [0.2, 0.25) is 5.88 Å². The molecule has 1 N–H and O–H groups in total. The molecule has 0 radical (unpaired) electrons. The molecule has 0 amide bonds. The van der Waals surface area contributed by atoms with E-state index in [2.05, 4.69) is 35.8 Å². The van der Waals surface area contributed by atoms with Crippen LogP contribution in [0.15, 0.2) is 59.1 Å². The van der Waals surface area contributed by atoms with Crippen LogP contribution < -0.4 is 4.74 Å². The lowest BCUT2D eigenvalue weighted by atomic mass is 9.74. The Balaban J connectivity index is 2.04. The van der Waals surface area contributed by atoms with E-state index in [9.17, 15) is 9.50 Å². The molecule has 184 valence electrons. The lowest BCUT2D eigenvalue weighted by Gasteiger charge is -2.38. The summed E-state index contributed by atoms with van der Waals surface area (Å²) in [7, 11) is 5.53. The highest BCUT2D eigenvalue weighted by molar-refractivity contribution is 9.10. The van der Waals surface area contributed by atoms with Crippen molar-refractivity contribution in [2.75, 3.05) is 27.7 Å². The Morgan fingerprint density at radius 2 is 1.91 bits per heavy atom. The van der Waals surface area contributed by atoms with E-state index in [-0.39, 0.29) is 5.82 Å². The minimum atomic E-state index is -1.41. The summed E-state index contributed by atoms with van der Waals surface area (Å²) in [6.45, 7) is 4.76. The zero-order valence-corrected chi connectivity index (χ0v) is 23.0. The first kappa shape index (κ1) is 25.8. The number of thiophene rings is 1. The smallest absolute Gasteiger partial charge is 0.217 e. The molecule has 0 aliphatic rings. The minimum absolute atomic E-state index is 0.379. The number of fused-ring (bicyclic) bond motifs is 1. The van der Waals surface area contributed by atoms with Gasteiger partial charge >= 0.3 is 0 Å². The molecule has 2 atom stereocenters. The maximum absolute atomic E-state index is 14.5. The number of methoxy groups -OCH3 is 1. The van der Waals surface area contributed by atoms with E-state index in [4.69, 9.17) is 9.72 Å². The van der Waals surface area contributed by atoms with E-state index in [0.29, 0.717) is 24.4 Å². The third kappa shape index (κ3) is 5.28. The molecule has 2 heterocycles. The number of nitrogens with zero attached hydrogens (tertiary/aromatic N) is 2. The Morgan fingerprint density at radius 1 is 1.14 bits per heavy atom. The van der Waals surface area contributed by atoms with Gasteiger partial charge in [0.05, 0.1) is 18.5 Å². The van der Waals surface area contributed by atoms with Crippen LogP contribution in [0.4, 0.5) is 4.39 Å². The van der Waals surface area contributed by atoms with Crippen LogP contribution in [0.1, 0.15) is 38.8 Å². The lowest BCUT2D eigenvalue weighted by Crippen LogP contribution is -2.37. The highest BCUT2D eigenvalue weighted by atomic mass is 79.9. The first-order chi connectivity index (χ1) is 16.6. The van der Waals surface area contributed by atoms with Gasteiger partial charge in [-0.15, -0.1) is 11.3 Å². The van der Waals surface area contributed by atoms with Gasteiger partial charge in [-0.3, -0.25) is 0 Å². The fraction of sp³-hybridized carbons (Fsp3) is 0.321. The average molecular weight is 558 g/mol. The summed E-state index contributed by atoms with van der Waals surface area (Å²) in [5.74, 6) is -0.448. The Bertz CT molecular complexity index is 1340. The molecular weight excluding hydrogens is 527 g/mol. The molecule has 2 aromatic heterocycles. The van der Waals surface area contributed by atoms with Gasteiger partial charge in [-0.25, -0.2) is 9.37 Å². The maximum Gasteiger partial charge on any atom is 0.217 e. The predicted octanol–water partition coefficient (Wildman–Crippen LogP) is 6.79. The summed E-state index contributed by atoms with van der Waals surface area (Å²) in [6.07, 6.45) is 0.393. The third-order valence-corrected chi connectivity index (χ3v) is 8.20. The SMILES string of the molecule is COc1nc2ccc(Br)cc2cc1[C@@H](c1cc(C)c(C)s1)[C@@](O)(CCN(C)C)c1cccc(F)c1. The van der Waals surface area contributed by atoms with Crippen LogP contribution in [0, 0.1) is 19.7 Å². The first-order valence-corrected chi connectivity index (χ1v) is 13.1. The van der Waals surface area contributed by atoms with Crippen molar-refractivity contribution in [1.82, 2.24) is 9.88 Å². The summed E-state index contributed by atoms with van der Waals surface area (Å²) < 4.78 is 21.2. The number of benzene rings is 2. The van der Waals surface area contributed by atoms with E-state index in [0.717, 1.165) is 31.4 Å². The van der Waals surface area contributed by atoms with Gasteiger partial charge in [-0.2, -0.15) is 0 Å². The molecule has 4 nitrogen and oxygen atoms in total. The predicted molar refractivity (Wildman–Crippen MR) is 145 cm³/mol. The zero-order chi connectivity index (χ0) is 25.3. The second-order valence-corrected chi connectivity index (χ2v) is 11.4. The molecule has 35 heavy (non-hydrogen) atoms. The Kier molecular flexibility index (Phi) is 7.62. The summed E-state index contributed by atoms with van der Waals surface area (Å²) in [6, 6.07) is 16.3. The molecule has 7 heteroatoms. The van der Waals surface area contributed by atoms with Gasteiger partial charge in [0, 0.05) is 31.7 Å². The van der Waals surface area contributed by atoms with Gasteiger partial charge in [0.1, 0.15) is 11.4 Å².